The Kier molecular flexibility index (Phi) is 2.88. The molecule has 0 radical (unpaired) electrons. The van der Waals surface area contributed by atoms with Gasteiger partial charge in [-0.05, 0) is 18.8 Å². The van der Waals surface area contributed by atoms with Gasteiger partial charge in [-0.15, -0.1) is 0 Å². The van der Waals surface area contributed by atoms with E-state index in [0.29, 0.717) is 5.92 Å². The van der Waals surface area contributed by atoms with Gasteiger partial charge in [-0.25, -0.2) is 0 Å². The van der Waals surface area contributed by atoms with Gasteiger partial charge in [0, 0.05) is 19.1 Å². The first kappa shape index (κ1) is 8.53. The number of amides is 1. The predicted molar refractivity (Wildman–Crippen MR) is 41.9 cm³/mol. The molecule has 0 aliphatic carbocycles. The Morgan fingerprint density at radius 1 is 1.55 bits per heavy atom. The lowest BCUT2D eigenvalue weighted by Crippen LogP contribution is -2.31. The van der Waals surface area contributed by atoms with E-state index in [1.54, 1.807) is 0 Å². The second-order valence-electron chi connectivity index (χ2n) is 3.14. The number of carbonyl (C=O) groups is 1. The minimum Gasteiger partial charge on any atom is -0.381 e. The summed E-state index contributed by atoms with van der Waals surface area (Å²) in [7, 11) is 0. The van der Waals surface area contributed by atoms with E-state index in [2.05, 4.69) is 0 Å². The summed E-state index contributed by atoms with van der Waals surface area (Å²) in [5, 5.41) is 0. The predicted octanol–water partition coefficient (Wildman–Crippen LogP) is 0.534. The molecule has 0 aromatic heterocycles. The largest absolute Gasteiger partial charge is 0.381 e. The molecule has 11 heavy (non-hydrogen) atoms. The van der Waals surface area contributed by atoms with Crippen molar-refractivity contribution in [1.82, 2.24) is 0 Å². The molecule has 0 unspecified atom stereocenters. The van der Waals surface area contributed by atoms with Gasteiger partial charge in [0.1, 0.15) is 0 Å². The van der Waals surface area contributed by atoms with Crippen LogP contribution in [0.5, 0.6) is 0 Å². The molecule has 0 spiro atoms. The van der Waals surface area contributed by atoms with Crippen LogP contribution in [-0.4, -0.2) is 19.1 Å². The first-order chi connectivity index (χ1) is 5.22. The van der Waals surface area contributed by atoms with Gasteiger partial charge in [0.05, 0.1) is 0 Å². The van der Waals surface area contributed by atoms with E-state index in [4.69, 9.17) is 10.5 Å². The number of nitrogens with two attached hydrogens (primary N) is 1. The Balaban J connectivity index is 2.38. The van der Waals surface area contributed by atoms with Gasteiger partial charge < -0.3 is 10.5 Å². The average molecular weight is 157 g/mol. The molecule has 0 bridgehead atoms. The molecule has 1 amide bonds. The third kappa shape index (κ3) is 2.19. The Morgan fingerprint density at radius 3 is 2.55 bits per heavy atom. The molecule has 3 nitrogen and oxygen atoms in total. The first-order valence-corrected chi connectivity index (χ1v) is 4.09. The number of rotatable bonds is 2. The summed E-state index contributed by atoms with van der Waals surface area (Å²) in [5.41, 5.74) is 5.19. The van der Waals surface area contributed by atoms with E-state index in [9.17, 15) is 4.79 Å². The number of carbonyl (C=O) groups excluding carboxylic acids is 1. The molecule has 3 heteroatoms. The summed E-state index contributed by atoms with van der Waals surface area (Å²) in [5.74, 6) is 0.275. The third-order valence-corrected chi connectivity index (χ3v) is 2.42. The van der Waals surface area contributed by atoms with Crippen molar-refractivity contribution >= 4 is 5.91 Å². The van der Waals surface area contributed by atoms with E-state index in [1.165, 1.54) is 0 Å². The summed E-state index contributed by atoms with van der Waals surface area (Å²) in [6.45, 7) is 3.46. The van der Waals surface area contributed by atoms with Crippen LogP contribution in [0.1, 0.15) is 19.8 Å². The highest BCUT2D eigenvalue weighted by atomic mass is 16.5. The maximum atomic E-state index is 10.8. The monoisotopic (exact) mass is 157 g/mol. The molecule has 0 aromatic carbocycles. The van der Waals surface area contributed by atoms with Crippen molar-refractivity contribution in [3.8, 4) is 0 Å². The summed E-state index contributed by atoms with van der Waals surface area (Å²) in [6.07, 6.45) is 1.95. The van der Waals surface area contributed by atoms with E-state index in [1.807, 2.05) is 6.92 Å². The zero-order valence-corrected chi connectivity index (χ0v) is 6.88. The van der Waals surface area contributed by atoms with Crippen LogP contribution in [-0.2, 0) is 9.53 Å². The molecule has 1 aliphatic rings. The molecule has 1 saturated heterocycles. The lowest BCUT2D eigenvalue weighted by molar-refractivity contribution is -0.123. The van der Waals surface area contributed by atoms with Gasteiger partial charge in [0.2, 0.25) is 5.91 Å². The van der Waals surface area contributed by atoms with Crippen LogP contribution in [0, 0.1) is 11.8 Å². The molecule has 1 rings (SSSR count). The number of ether oxygens (including phenoxy) is 1. The van der Waals surface area contributed by atoms with Crippen molar-refractivity contribution in [2.45, 2.75) is 19.8 Å². The Labute approximate surface area is 66.9 Å². The van der Waals surface area contributed by atoms with E-state index in [-0.39, 0.29) is 11.8 Å². The zero-order chi connectivity index (χ0) is 8.27. The molecule has 1 heterocycles. The van der Waals surface area contributed by atoms with Gasteiger partial charge in [-0.3, -0.25) is 4.79 Å². The lowest BCUT2D eigenvalue weighted by atomic mass is 9.87. The second kappa shape index (κ2) is 3.72. The Bertz CT molecular complexity index is 141. The van der Waals surface area contributed by atoms with Crippen LogP contribution >= 0.6 is 0 Å². The highest BCUT2D eigenvalue weighted by molar-refractivity contribution is 5.76. The van der Waals surface area contributed by atoms with Crippen molar-refractivity contribution < 1.29 is 9.53 Å². The molecule has 0 saturated carbocycles. The van der Waals surface area contributed by atoms with E-state index < -0.39 is 0 Å². The van der Waals surface area contributed by atoms with Crippen molar-refractivity contribution in [1.29, 1.82) is 0 Å². The summed E-state index contributed by atoms with van der Waals surface area (Å²) < 4.78 is 5.18. The zero-order valence-electron chi connectivity index (χ0n) is 6.88. The maximum Gasteiger partial charge on any atom is 0.220 e. The van der Waals surface area contributed by atoms with Crippen LogP contribution < -0.4 is 5.73 Å². The molecular formula is C8H15NO2. The molecule has 0 aromatic rings. The van der Waals surface area contributed by atoms with E-state index in [0.717, 1.165) is 26.1 Å². The smallest absolute Gasteiger partial charge is 0.220 e. The highest BCUT2D eigenvalue weighted by Crippen LogP contribution is 2.22. The molecule has 1 atom stereocenters. The Hall–Kier alpha value is -0.570. The molecule has 1 aliphatic heterocycles. The quantitative estimate of drug-likeness (QED) is 0.635. The summed E-state index contributed by atoms with van der Waals surface area (Å²) in [4.78, 5) is 10.8. The Morgan fingerprint density at radius 2 is 2.09 bits per heavy atom. The van der Waals surface area contributed by atoms with Crippen LogP contribution in [0.4, 0.5) is 0 Å². The number of hydrogen-bond acceptors (Lipinski definition) is 2. The van der Waals surface area contributed by atoms with Crippen LogP contribution in [0.15, 0.2) is 0 Å². The summed E-state index contributed by atoms with van der Waals surface area (Å²) in [6, 6.07) is 0. The topological polar surface area (TPSA) is 52.3 Å². The fourth-order valence-corrected chi connectivity index (χ4v) is 1.45. The molecule has 64 valence electrons. The van der Waals surface area contributed by atoms with Gasteiger partial charge in [-0.1, -0.05) is 6.92 Å². The maximum absolute atomic E-state index is 10.8. The minimum absolute atomic E-state index is 0.0129. The van der Waals surface area contributed by atoms with Gasteiger partial charge in [-0.2, -0.15) is 0 Å². The van der Waals surface area contributed by atoms with Crippen LogP contribution in [0.3, 0.4) is 0 Å². The number of hydrogen-bond donors (Lipinski definition) is 1. The lowest BCUT2D eigenvalue weighted by Gasteiger charge is -2.25. The standard InChI is InChI=1S/C8H15NO2/c1-6(8(9)10)7-2-4-11-5-3-7/h6-7H,2-5H2,1H3,(H2,9,10)/t6-/m0/s1. The van der Waals surface area contributed by atoms with Crippen molar-refractivity contribution in [3.63, 3.8) is 0 Å². The first-order valence-electron chi connectivity index (χ1n) is 4.09. The van der Waals surface area contributed by atoms with Gasteiger partial charge >= 0.3 is 0 Å². The van der Waals surface area contributed by atoms with Crippen molar-refractivity contribution in [2.24, 2.45) is 17.6 Å². The van der Waals surface area contributed by atoms with Crippen molar-refractivity contribution in [2.75, 3.05) is 13.2 Å². The fraction of sp³-hybridized carbons (Fsp3) is 0.875. The average Bonchev–Trinajstić information content (AvgIpc) is 2.05. The molecule has 2 N–H and O–H groups in total. The normalized spacial score (nSPS) is 23.0. The summed E-state index contributed by atoms with van der Waals surface area (Å²) >= 11 is 0. The third-order valence-electron chi connectivity index (χ3n) is 2.42. The van der Waals surface area contributed by atoms with Gasteiger partial charge in [0.25, 0.3) is 0 Å². The highest BCUT2D eigenvalue weighted by Gasteiger charge is 2.23. The molecular weight excluding hydrogens is 142 g/mol. The SMILES string of the molecule is C[C@H](C(N)=O)C1CCOCC1. The molecule has 1 fully saturated rings. The minimum atomic E-state index is -0.183. The van der Waals surface area contributed by atoms with E-state index >= 15 is 0 Å². The van der Waals surface area contributed by atoms with Gasteiger partial charge in [0.15, 0.2) is 0 Å². The van der Waals surface area contributed by atoms with Crippen LogP contribution in [0.25, 0.3) is 0 Å². The van der Waals surface area contributed by atoms with Crippen LogP contribution in [0.2, 0.25) is 0 Å². The second-order valence-corrected chi connectivity index (χ2v) is 3.14. The number of primary amides is 1. The fourth-order valence-electron chi connectivity index (χ4n) is 1.45. The van der Waals surface area contributed by atoms with Crippen molar-refractivity contribution in [3.05, 3.63) is 0 Å².